The van der Waals surface area contributed by atoms with Crippen molar-refractivity contribution in [2.24, 2.45) is 0 Å². The number of hydrogen-bond donors (Lipinski definition) is 0. The van der Waals surface area contributed by atoms with Gasteiger partial charge in [-0.15, -0.1) is 0 Å². The standard InChI is InChI=1S/C25H14Br2N2/c26-19-8-10-24-22(13-19)23-14-20(27)9-11-25(23)29(24)21-3-1-2-18(12-21)17-6-4-16(15-28)5-7-17/h1-14H. The summed E-state index contributed by atoms with van der Waals surface area (Å²) in [5.41, 5.74) is 6.32. The first-order chi connectivity index (χ1) is 14.1. The molecule has 0 atom stereocenters. The zero-order chi connectivity index (χ0) is 20.0. The Balaban J connectivity index is 1.76. The predicted molar refractivity (Wildman–Crippen MR) is 126 cm³/mol. The highest BCUT2D eigenvalue weighted by Crippen LogP contribution is 2.36. The Kier molecular flexibility index (Phi) is 4.50. The van der Waals surface area contributed by atoms with E-state index in [4.69, 9.17) is 5.26 Å². The number of fused-ring (bicyclic) bond motifs is 3. The van der Waals surface area contributed by atoms with Gasteiger partial charge in [-0.3, -0.25) is 0 Å². The normalized spacial score (nSPS) is 11.1. The van der Waals surface area contributed by atoms with Crippen LogP contribution in [-0.4, -0.2) is 4.57 Å². The minimum atomic E-state index is 0.670. The zero-order valence-electron chi connectivity index (χ0n) is 15.2. The molecule has 5 aromatic rings. The molecule has 1 aromatic heterocycles. The first-order valence-electron chi connectivity index (χ1n) is 9.14. The van der Waals surface area contributed by atoms with Crippen LogP contribution in [0.5, 0.6) is 0 Å². The number of nitriles is 1. The second kappa shape index (κ2) is 7.18. The lowest BCUT2D eigenvalue weighted by atomic mass is 10.0. The van der Waals surface area contributed by atoms with E-state index in [1.807, 2.05) is 24.3 Å². The molecule has 0 saturated heterocycles. The lowest BCUT2D eigenvalue weighted by Gasteiger charge is -2.10. The van der Waals surface area contributed by atoms with Crippen LogP contribution < -0.4 is 0 Å². The van der Waals surface area contributed by atoms with Crippen molar-refractivity contribution in [2.75, 3.05) is 0 Å². The molecule has 2 nitrogen and oxygen atoms in total. The predicted octanol–water partition coefficient (Wildman–Crippen LogP) is 7.85. The largest absolute Gasteiger partial charge is 0.309 e. The molecule has 0 aliphatic heterocycles. The number of halogens is 2. The molecule has 29 heavy (non-hydrogen) atoms. The molecule has 0 amide bonds. The topological polar surface area (TPSA) is 28.7 Å². The lowest BCUT2D eigenvalue weighted by Crippen LogP contribution is -1.94. The van der Waals surface area contributed by atoms with Crippen molar-refractivity contribution < 1.29 is 0 Å². The molecule has 0 bridgehead atoms. The van der Waals surface area contributed by atoms with Crippen LogP contribution in [0.15, 0.2) is 93.9 Å². The maximum absolute atomic E-state index is 9.05. The van der Waals surface area contributed by atoms with Crippen molar-refractivity contribution >= 4 is 53.7 Å². The van der Waals surface area contributed by atoms with E-state index in [0.29, 0.717) is 5.56 Å². The lowest BCUT2D eigenvalue weighted by molar-refractivity contribution is 1.18. The Morgan fingerprint density at radius 2 is 1.28 bits per heavy atom. The maximum atomic E-state index is 9.05. The van der Waals surface area contributed by atoms with Crippen LogP contribution >= 0.6 is 31.9 Å². The van der Waals surface area contributed by atoms with E-state index in [0.717, 1.165) is 25.8 Å². The monoisotopic (exact) mass is 500 g/mol. The van der Waals surface area contributed by atoms with Crippen LogP contribution in [0.1, 0.15) is 5.56 Å². The molecule has 4 heteroatoms. The third-order valence-electron chi connectivity index (χ3n) is 5.14. The van der Waals surface area contributed by atoms with Gasteiger partial charge in [-0.05, 0) is 71.8 Å². The van der Waals surface area contributed by atoms with Gasteiger partial charge < -0.3 is 4.57 Å². The number of hydrogen-bond acceptors (Lipinski definition) is 1. The van der Waals surface area contributed by atoms with Crippen LogP contribution in [0.3, 0.4) is 0 Å². The highest BCUT2D eigenvalue weighted by atomic mass is 79.9. The molecule has 0 saturated carbocycles. The molecule has 5 rings (SSSR count). The Morgan fingerprint density at radius 1 is 0.655 bits per heavy atom. The first kappa shape index (κ1) is 18.2. The van der Waals surface area contributed by atoms with E-state index in [2.05, 4.69) is 103 Å². The number of aromatic nitrogens is 1. The number of nitrogens with zero attached hydrogens (tertiary/aromatic N) is 2. The van der Waals surface area contributed by atoms with Crippen LogP contribution in [0, 0.1) is 11.3 Å². The van der Waals surface area contributed by atoms with Crippen molar-refractivity contribution in [3.05, 3.63) is 99.4 Å². The van der Waals surface area contributed by atoms with Gasteiger partial charge in [0.2, 0.25) is 0 Å². The van der Waals surface area contributed by atoms with Crippen molar-refractivity contribution in [1.82, 2.24) is 4.57 Å². The van der Waals surface area contributed by atoms with Crippen molar-refractivity contribution in [2.45, 2.75) is 0 Å². The molecule has 1 heterocycles. The number of rotatable bonds is 2. The van der Waals surface area contributed by atoms with E-state index in [-0.39, 0.29) is 0 Å². The van der Waals surface area contributed by atoms with Gasteiger partial charge in [0.05, 0.1) is 22.7 Å². The van der Waals surface area contributed by atoms with Gasteiger partial charge in [0, 0.05) is 25.4 Å². The molecule has 4 aromatic carbocycles. The average molecular weight is 502 g/mol. The molecule has 0 aliphatic rings. The fraction of sp³-hybridized carbons (Fsp3) is 0. The average Bonchev–Trinajstić information content (AvgIpc) is 3.07. The summed E-state index contributed by atoms with van der Waals surface area (Å²) in [7, 11) is 0. The van der Waals surface area contributed by atoms with Crippen molar-refractivity contribution in [3.8, 4) is 22.9 Å². The third-order valence-corrected chi connectivity index (χ3v) is 6.13. The van der Waals surface area contributed by atoms with Gasteiger partial charge in [0.25, 0.3) is 0 Å². The molecule has 0 fully saturated rings. The van der Waals surface area contributed by atoms with Gasteiger partial charge in [0.15, 0.2) is 0 Å². The molecule has 0 aliphatic carbocycles. The van der Waals surface area contributed by atoms with Gasteiger partial charge in [-0.1, -0.05) is 56.1 Å². The zero-order valence-corrected chi connectivity index (χ0v) is 18.4. The smallest absolute Gasteiger partial charge is 0.0991 e. The SMILES string of the molecule is N#Cc1ccc(-c2cccc(-n3c4ccc(Br)cc4c4cc(Br)ccc43)c2)cc1. The van der Waals surface area contributed by atoms with Crippen LogP contribution in [-0.2, 0) is 0 Å². The third kappa shape index (κ3) is 3.17. The van der Waals surface area contributed by atoms with Crippen LogP contribution in [0.25, 0.3) is 38.6 Å². The highest BCUT2D eigenvalue weighted by molar-refractivity contribution is 9.10. The summed E-state index contributed by atoms with van der Waals surface area (Å²) in [4.78, 5) is 0. The van der Waals surface area contributed by atoms with E-state index in [1.54, 1.807) is 0 Å². The van der Waals surface area contributed by atoms with E-state index in [9.17, 15) is 0 Å². The second-order valence-corrected chi connectivity index (χ2v) is 8.73. The molecule has 0 N–H and O–H groups in total. The van der Waals surface area contributed by atoms with Crippen LogP contribution in [0.2, 0.25) is 0 Å². The first-order valence-corrected chi connectivity index (χ1v) is 10.7. The van der Waals surface area contributed by atoms with Crippen LogP contribution in [0.4, 0.5) is 0 Å². The Hall–Kier alpha value is -2.87. The Labute approximate surface area is 185 Å². The van der Waals surface area contributed by atoms with Gasteiger partial charge in [0.1, 0.15) is 0 Å². The van der Waals surface area contributed by atoms with E-state index in [1.165, 1.54) is 21.8 Å². The molecular formula is C25H14Br2N2. The summed E-state index contributed by atoms with van der Waals surface area (Å²) in [5, 5.41) is 11.5. The molecular weight excluding hydrogens is 488 g/mol. The number of benzene rings is 4. The maximum Gasteiger partial charge on any atom is 0.0991 e. The fourth-order valence-corrected chi connectivity index (χ4v) is 4.53. The van der Waals surface area contributed by atoms with Gasteiger partial charge in [-0.2, -0.15) is 5.26 Å². The Bertz CT molecular complexity index is 1360. The Morgan fingerprint density at radius 3 is 1.86 bits per heavy atom. The van der Waals surface area contributed by atoms with Gasteiger partial charge >= 0.3 is 0 Å². The quantitative estimate of drug-likeness (QED) is 0.242. The van der Waals surface area contributed by atoms with E-state index < -0.39 is 0 Å². The van der Waals surface area contributed by atoms with Crippen molar-refractivity contribution in [1.29, 1.82) is 5.26 Å². The minimum Gasteiger partial charge on any atom is -0.309 e. The molecule has 0 spiro atoms. The second-order valence-electron chi connectivity index (χ2n) is 6.90. The fourth-order valence-electron chi connectivity index (χ4n) is 3.81. The molecule has 0 unspecified atom stereocenters. The summed E-state index contributed by atoms with van der Waals surface area (Å²) in [6, 6.07) is 31.2. The summed E-state index contributed by atoms with van der Waals surface area (Å²) in [6.07, 6.45) is 0. The summed E-state index contributed by atoms with van der Waals surface area (Å²) in [5.74, 6) is 0. The van der Waals surface area contributed by atoms with E-state index >= 15 is 0 Å². The summed E-state index contributed by atoms with van der Waals surface area (Å²) < 4.78 is 4.43. The molecule has 0 radical (unpaired) electrons. The molecule has 138 valence electrons. The van der Waals surface area contributed by atoms with Gasteiger partial charge in [-0.25, -0.2) is 0 Å². The summed E-state index contributed by atoms with van der Waals surface area (Å²) in [6.45, 7) is 0. The minimum absolute atomic E-state index is 0.670. The highest BCUT2D eigenvalue weighted by Gasteiger charge is 2.13. The van der Waals surface area contributed by atoms with Crippen molar-refractivity contribution in [3.63, 3.8) is 0 Å². The summed E-state index contributed by atoms with van der Waals surface area (Å²) >= 11 is 7.22.